The number of aromatic nitrogens is 4. The van der Waals surface area contributed by atoms with Gasteiger partial charge in [0.05, 0.1) is 29.7 Å². The molecule has 0 bridgehead atoms. The lowest BCUT2D eigenvalue weighted by Gasteiger charge is -2.23. The molecular formula is C21H25N7O2. The molecule has 0 aromatic carbocycles. The number of nitrogens with one attached hydrogen (secondary N) is 1. The molecule has 0 unspecified atom stereocenters. The van der Waals surface area contributed by atoms with Crippen LogP contribution in [0.2, 0.25) is 0 Å². The van der Waals surface area contributed by atoms with Gasteiger partial charge in [-0.15, -0.1) is 0 Å². The maximum Gasteiger partial charge on any atom is 0.407 e. The number of carbonyl (C=O) groups excluding carboxylic acids is 1. The molecule has 1 N–H and O–H groups in total. The van der Waals surface area contributed by atoms with Crippen molar-refractivity contribution in [3.8, 4) is 17.2 Å². The maximum absolute atomic E-state index is 12.2. The second-order valence-corrected chi connectivity index (χ2v) is 8.56. The molecule has 1 atom stereocenters. The largest absolute Gasteiger partial charge is 0.444 e. The van der Waals surface area contributed by atoms with E-state index in [2.05, 4.69) is 32.5 Å². The molecule has 0 radical (unpaired) electrons. The van der Waals surface area contributed by atoms with Gasteiger partial charge >= 0.3 is 6.09 Å². The Morgan fingerprint density at radius 1 is 1.27 bits per heavy atom. The van der Waals surface area contributed by atoms with Gasteiger partial charge in [0.25, 0.3) is 0 Å². The van der Waals surface area contributed by atoms with Gasteiger partial charge in [-0.25, -0.2) is 9.31 Å². The van der Waals surface area contributed by atoms with Gasteiger partial charge in [-0.1, -0.05) is 0 Å². The highest BCUT2D eigenvalue weighted by molar-refractivity contribution is 5.83. The number of carbonyl (C=O) groups is 1. The molecule has 3 aromatic rings. The van der Waals surface area contributed by atoms with Crippen LogP contribution in [0.1, 0.15) is 32.8 Å². The molecule has 0 spiro atoms. The van der Waals surface area contributed by atoms with Crippen LogP contribution in [-0.4, -0.2) is 50.2 Å². The van der Waals surface area contributed by atoms with Crippen LogP contribution in [0.4, 0.5) is 10.5 Å². The number of hydrogen-bond donors (Lipinski definition) is 1. The van der Waals surface area contributed by atoms with Gasteiger partial charge in [0.2, 0.25) is 0 Å². The lowest BCUT2D eigenvalue weighted by atomic mass is 10.1. The van der Waals surface area contributed by atoms with Gasteiger partial charge in [0.1, 0.15) is 17.2 Å². The summed E-state index contributed by atoms with van der Waals surface area (Å²) in [7, 11) is 1.87. The molecule has 1 aliphatic rings. The lowest BCUT2D eigenvalue weighted by Crippen LogP contribution is -2.40. The SMILES string of the molecule is Cn1cc(-c2cc(N3CC[C@H](NC(=O)OC(C)(C)C)C3)c3c(C#N)cnn3c2)cn1. The molecule has 4 heterocycles. The minimum Gasteiger partial charge on any atom is -0.444 e. The molecule has 1 amide bonds. The summed E-state index contributed by atoms with van der Waals surface area (Å²) in [6.45, 7) is 6.91. The van der Waals surface area contributed by atoms with Crippen LogP contribution >= 0.6 is 0 Å². The average Bonchev–Trinajstić information content (AvgIpc) is 3.38. The van der Waals surface area contributed by atoms with Crippen molar-refractivity contribution < 1.29 is 9.53 Å². The fourth-order valence-electron chi connectivity index (χ4n) is 3.72. The molecule has 9 heteroatoms. The van der Waals surface area contributed by atoms with Crippen molar-refractivity contribution in [2.24, 2.45) is 7.05 Å². The zero-order valence-corrected chi connectivity index (χ0v) is 17.6. The number of nitrogens with zero attached hydrogens (tertiary/aromatic N) is 6. The predicted octanol–water partition coefficient (Wildman–Crippen LogP) is 2.71. The van der Waals surface area contributed by atoms with Gasteiger partial charge in [-0.3, -0.25) is 4.68 Å². The molecule has 1 aliphatic heterocycles. The first-order chi connectivity index (χ1) is 14.2. The Morgan fingerprint density at radius 2 is 2.07 bits per heavy atom. The van der Waals surface area contributed by atoms with Crippen molar-refractivity contribution in [1.82, 2.24) is 24.7 Å². The third-order valence-corrected chi connectivity index (χ3v) is 5.00. The number of ether oxygens (including phenoxy) is 1. The molecule has 4 rings (SSSR count). The summed E-state index contributed by atoms with van der Waals surface area (Å²) < 4.78 is 8.87. The summed E-state index contributed by atoms with van der Waals surface area (Å²) in [5.41, 5.74) is 3.60. The average molecular weight is 407 g/mol. The van der Waals surface area contributed by atoms with E-state index in [-0.39, 0.29) is 6.04 Å². The van der Waals surface area contributed by atoms with Gasteiger partial charge in [-0.05, 0) is 33.3 Å². The van der Waals surface area contributed by atoms with Crippen LogP contribution in [0.3, 0.4) is 0 Å². The molecule has 9 nitrogen and oxygen atoms in total. The second-order valence-electron chi connectivity index (χ2n) is 8.56. The van der Waals surface area contributed by atoms with E-state index in [0.717, 1.165) is 35.3 Å². The first kappa shape index (κ1) is 19.8. The number of nitriles is 1. The topological polar surface area (TPSA) is 100 Å². The molecule has 30 heavy (non-hydrogen) atoms. The van der Waals surface area contributed by atoms with E-state index < -0.39 is 11.7 Å². The van der Waals surface area contributed by atoms with Gasteiger partial charge in [-0.2, -0.15) is 15.5 Å². The fourth-order valence-corrected chi connectivity index (χ4v) is 3.72. The van der Waals surface area contributed by atoms with E-state index >= 15 is 0 Å². The number of anilines is 1. The van der Waals surface area contributed by atoms with E-state index in [0.29, 0.717) is 12.1 Å². The number of rotatable bonds is 3. The Labute approximate surface area is 174 Å². The van der Waals surface area contributed by atoms with Crippen molar-refractivity contribution in [2.45, 2.75) is 38.8 Å². The summed E-state index contributed by atoms with van der Waals surface area (Å²) in [4.78, 5) is 14.3. The van der Waals surface area contributed by atoms with Crippen LogP contribution in [0, 0.1) is 11.3 Å². The zero-order valence-electron chi connectivity index (χ0n) is 17.6. The van der Waals surface area contributed by atoms with E-state index in [1.165, 1.54) is 0 Å². The Hall–Kier alpha value is -3.54. The number of aryl methyl sites for hydroxylation is 1. The Bertz CT molecular complexity index is 1130. The predicted molar refractivity (Wildman–Crippen MR) is 112 cm³/mol. The third-order valence-electron chi connectivity index (χ3n) is 5.00. The number of amides is 1. The molecule has 0 aliphatic carbocycles. The van der Waals surface area contributed by atoms with Crippen molar-refractivity contribution >= 4 is 17.3 Å². The highest BCUT2D eigenvalue weighted by Crippen LogP contribution is 2.32. The minimum absolute atomic E-state index is 0.0320. The monoisotopic (exact) mass is 407 g/mol. The van der Waals surface area contributed by atoms with Crippen LogP contribution in [0.25, 0.3) is 16.6 Å². The maximum atomic E-state index is 12.2. The highest BCUT2D eigenvalue weighted by Gasteiger charge is 2.28. The number of fused-ring (bicyclic) bond motifs is 1. The fraction of sp³-hybridized carbons (Fsp3) is 0.429. The third kappa shape index (κ3) is 3.94. The van der Waals surface area contributed by atoms with Crippen molar-refractivity contribution in [1.29, 1.82) is 5.26 Å². The first-order valence-electron chi connectivity index (χ1n) is 9.88. The standard InChI is InChI=1S/C21H25N7O2/c1-21(2,3)30-20(29)25-17-5-6-27(13-17)18-7-14(16-10-23-26(4)11-16)12-28-19(18)15(8-22)9-24-28/h7,9-12,17H,5-6,13H2,1-4H3,(H,25,29)/t17-/m0/s1. The quantitative estimate of drug-likeness (QED) is 0.716. The summed E-state index contributed by atoms with van der Waals surface area (Å²) in [6.07, 6.45) is 7.61. The Morgan fingerprint density at radius 3 is 2.73 bits per heavy atom. The highest BCUT2D eigenvalue weighted by atomic mass is 16.6. The number of hydrogen-bond acceptors (Lipinski definition) is 6. The molecule has 3 aromatic heterocycles. The molecule has 1 fully saturated rings. The van der Waals surface area contributed by atoms with E-state index in [9.17, 15) is 10.1 Å². The Balaban J connectivity index is 1.64. The molecule has 0 saturated carbocycles. The van der Waals surface area contributed by atoms with E-state index in [1.807, 2.05) is 40.2 Å². The normalized spacial score (nSPS) is 16.6. The molecule has 1 saturated heterocycles. The molecule has 156 valence electrons. The Kier molecular flexibility index (Phi) is 4.86. The first-order valence-corrected chi connectivity index (χ1v) is 9.88. The smallest absolute Gasteiger partial charge is 0.407 e. The lowest BCUT2D eigenvalue weighted by molar-refractivity contribution is 0.0509. The van der Waals surface area contributed by atoms with Crippen molar-refractivity contribution in [3.63, 3.8) is 0 Å². The van der Waals surface area contributed by atoms with Crippen LogP contribution < -0.4 is 10.2 Å². The minimum atomic E-state index is -0.536. The summed E-state index contributed by atoms with van der Waals surface area (Å²) in [5, 5.41) is 21.1. The van der Waals surface area contributed by atoms with Crippen molar-refractivity contribution in [3.05, 3.63) is 36.4 Å². The van der Waals surface area contributed by atoms with Gasteiger partial charge in [0, 0.05) is 43.7 Å². The van der Waals surface area contributed by atoms with E-state index in [1.54, 1.807) is 21.6 Å². The van der Waals surface area contributed by atoms with Crippen LogP contribution in [0.5, 0.6) is 0 Å². The second kappa shape index (κ2) is 7.37. The van der Waals surface area contributed by atoms with Gasteiger partial charge in [0.15, 0.2) is 0 Å². The van der Waals surface area contributed by atoms with Crippen LogP contribution in [-0.2, 0) is 11.8 Å². The number of alkyl carbamates (subject to hydrolysis) is 1. The van der Waals surface area contributed by atoms with E-state index in [4.69, 9.17) is 4.74 Å². The van der Waals surface area contributed by atoms with Gasteiger partial charge < -0.3 is 15.0 Å². The summed E-state index contributed by atoms with van der Waals surface area (Å²) in [6, 6.07) is 4.26. The summed E-state index contributed by atoms with van der Waals surface area (Å²) >= 11 is 0. The number of pyridine rings is 1. The summed E-state index contributed by atoms with van der Waals surface area (Å²) in [5.74, 6) is 0. The van der Waals surface area contributed by atoms with Crippen molar-refractivity contribution in [2.75, 3.05) is 18.0 Å². The molecular weight excluding hydrogens is 382 g/mol. The van der Waals surface area contributed by atoms with Crippen LogP contribution in [0.15, 0.2) is 30.9 Å². The zero-order chi connectivity index (χ0) is 21.5.